The molecule has 0 spiro atoms. The lowest BCUT2D eigenvalue weighted by atomic mass is 10.1. The summed E-state index contributed by atoms with van der Waals surface area (Å²) in [7, 11) is 0. The van der Waals surface area contributed by atoms with Crippen molar-refractivity contribution in [1.29, 1.82) is 0 Å². The Hall–Kier alpha value is -2.14. The lowest BCUT2D eigenvalue weighted by Gasteiger charge is -2.12. The van der Waals surface area contributed by atoms with Gasteiger partial charge in [-0.05, 0) is 52.7 Å². The molecule has 8 nitrogen and oxygen atoms in total. The Balaban J connectivity index is 1.66. The number of halogens is 1. The number of nitrogens with two attached hydrogens (primary N) is 1. The minimum atomic E-state index is 0.265. The van der Waals surface area contributed by atoms with Crippen LogP contribution >= 0.6 is 22.6 Å². The van der Waals surface area contributed by atoms with Gasteiger partial charge in [-0.25, -0.2) is 15.0 Å². The number of aromatic nitrogens is 4. The van der Waals surface area contributed by atoms with Gasteiger partial charge in [0, 0.05) is 23.1 Å². The van der Waals surface area contributed by atoms with Crippen LogP contribution in [0.3, 0.4) is 0 Å². The second kappa shape index (κ2) is 8.08. The van der Waals surface area contributed by atoms with Crippen molar-refractivity contribution < 1.29 is 9.47 Å². The summed E-state index contributed by atoms with van der Waals surface area (Å²) < 4.78 is 14.2. The fraction of sp³-hybridized carbons (Fsp3) is 0.421. The first kappa shape index (κ1) is 19.2. The second-order valence-corrected chi connectivity index (χ2v) is 8.34. The quantitative estimate of drug-likeness (QED) is 0.387. The summed E-state index contributed by atoms with van der Waals surface area (Å²) in [5.41, 5.74) is 8.60. The molecule has 3 aromatic rings. The summed E-state index contributed by atoms with van der Waals surface area (Å²) in [5.74, 6) is 3.48. The number of hydrogen-bond donors (Lipinski definition) is 2. The molecule has 4 rings (SSSR count). The van der Waals surface area contributed by atoms with Crippen molar-refractivity contribution in [2.45, 2.75) is 26.8 Å². The van der Waals surface area contributed by atoms with Crippen LogP contribution in [-0.2, 0) is 13.0 Å². The van der Waals surface area contributed by atoms with Crippen LogP contribution in [0.4, 0.5) is 5.82 Å². The number of ether oxygens (including phenoxy) is 2. The minimum absolute atomic E-state index is 0.265. The van der Waals surface area contributed by atoms with Crippen molar-refractivity contribution in [3.8, 4) is 11.5 Å². The molecular formula is C19H23IN6O2. The molecule has 2 aromatic heterocycles. The molecule has 0 fully saturated rings. The first-order chi connectivity index (χ1) is 13.5. The molecular weight excluding hydrogens is 468 g/mol. The molecule has 0 aliphatic carbocycles. The van der Waals surface area contributed by atoms with Crippen molar-refractivity contribution in [2.75, 3.05) is 25.6 Å². The topological polar surface area (TPSA) is 100 Å². The molecule has 0 atom stereocenters. The predicted octanol–water partition coefficient (Wildman–Crippen LogP) is 2.58. The standard InChI is InChI=1S/C19H23IN6O2/c1-11(2)8-22-3-4-26-16(25-17-18(21)23-9-24-19(17)26)6-12-5-14-15(7-13(12)20)28-10-27-14/h5,7,9,11,22H,3-4,6,8,10H2,1-2H3,(H2,21,23,24)/i20-3. The molecule has 9 heteroatoms. The summed E-state index contributed by atoms with van der Waals surface area (Å²) in [6.07, 6.45) is 2.14. The molecule has 1 aromatic carbocycles. The molecule has 3 heterocycles. The molecule has 0 radical (unpaired) electrons. The van der Waals surface area contributed by atoms with Crippen molar-refractivity contribution in [2.24, 2.45) is 5.92 Å². The zero-order chi connectivity index (χ0) is 19.7. The Labute approximate surface area is 177 Å². The van der Waals surface area contributed by atoms with Crippen molar-refractivity contribution in [3.05, 3.63) is 33.4 Å². The van der Waals surface area contributed by atoms with Crippen LogP contribution in [0.5, 0.6) is 11.5 Å². The van der Waals surface area contributed by atoms with Crippen LogP contribution in [0.1, 0.15) is 25.2 Å². The zero-order valence-corrected chi connectivity index (χ0v) is 18.1. The average Bonchev–Trinajstić information content (AvgIpc) is 3.24. The number of nitrogens with one attached hydrogen (secondary N) is 1. The molecule has 1 aliphatic rings. The third-order valence-corrected chi connectivity index (χ3v) is 5.60. The Morgan fingerprint density at radius 3 is 2.82 bits per heavy atom. The van der Waals surface area contributed by atoms with E-state index in [1.807, 2.05) is 12.1 Å². The molecule has 0 amide bonds. The van der Waals surface area contributed by atoms with E-state index in [0.717, 1.165) is 51.7 Å². The molecule has 3 N–H and O–H groups in total. The number of hydrogen-bond acceptors (Lipinski definition) is 7. The van der Waals surface area contributed by atoms with Crippen LogP contribution in [0.2, 0.25) is 0 Å². The average molecular weight is 491 g/mol. The van der Waals surface area contributed by atoms with Gasteiger partial charge in [-0.1, -0.05) is 13.8 Å². The van der Waals surface area contributed by atoms with E-state index < -0.39 is 0 Å². The zero-order valence-electron chi connectivity index (χ0n) is 15.9. The van der Waals surface area contributed by atoms with E-state index in [1.165, 1.54) is 6.33 Å². The third-order valence-electron chi connectivity index (χ3n) is 4.59. The van der Waals surface area contributed by atoms with Crippen molar-refractivity contribution >= 4 is 39.6 Å². The predicted molar refractivity (Wildman–Crippen MR) is 116 cm³/mol. The smallest absolute Gasteiger partial charge is 0.231 e. The largest absolute Gasteiger partial charge is 0.454 e. The van der Waals surface area contributed by atoms with E-state index in [-0.39, 0.29) is 6.79 Å². The van der Waals surface area contributed by atoms with E-state index in [0.29, 0.717) is 23.7 Å². The fourth-order valence-corrected chi connectivity index (χ4v) is 3.84. The normalized spacial score (nSPS) is 13.0. The van der Waals surface area contributed by atoms with Gasteiger partial charge < -0.3 is 25.1 Å². The summed E-state index contributed by atoms with van der Waals surface area (Å²) in [6, 6.07) is 4.03. The van der Waals surface area contributed by atoms with E-state index >= 15 is 0 Å². The molecule has 0 saturated carbocycles. The molecule has 1 aliphatic heterocycles. The van der Waals surface area contributed by atoms with Crippen LogP contribution in [0.15, 0.2) is 18.5 Å². The number of nitrogen functional groups attached to an aromatic ring is 1. The number of benzene rings is 1. The highest BCUT2D eigenvalue weighted by atomic mass is 124. The monoisotopic (exact) mass is 491 g/mol. The molecule has 0 bridgehead atoms. The van der Waals surface area contributed by atoms with E-state index in [2.05, 4.69) is 56.3 Å². The number of imidazole rings is 1. The second-order valence-electron chi connectivity index (χ2n) is 7.18. The lowest BCUT2D eigenvalue weighted by Crippen LogP contribution is -2.24. The van der Waals surface area contributed by atoms with Crippen LogP contribution in [0, 0.1) is 9.49 Å². The van der Waals surface area contributed by atoms with E-state index in [9.17, 15) is 0 Å². The Morgan fingerprint density at radius 1 is 1.25 bits per heavy atom. The first-order valence-electron chi connectivity index (χ1n) is 9.27. The maximum Gasteiger partial charge on any atom is 0.231 e. The highest BCUT2D eigenvalue weighted by Crippen LogP contribution is 2.36. The Bertz CT molecular complexity index is 1000. The maximum atomic E-state index is 6.05. The molecule has 0 unspecified atom stereocenters. The Kier molecular flexibility index (Phi) is 5.54. The number of rotatable bonds is 7. The lowest BCUT2D eigenvalue weighted by molar-refractivity contribution is 0.174. The summed E-state index contributed by atoms with van der Waals surface area (Å²) in [6.45, 7) is 7.22. The molecule has 0 saturated heterocycles. The third kappa shape index (κ3) is 3.86. The van der Waals surface area contributed by atoms with Gasteiger partial charge in [-0.3, -0.25) is 0 Å². The van der Waals surface area contributed by atoms with Crippen molar-refractivity contribution in [1.82, 2.24) is 24.8 Å². The summed E-state index contributed by atoms with van der Waals surface area (Å²) >= 11 is 2.32. The molecule has 28 heavy (non-hydrogen) atoms. The number of anilines is 1. The van der Waals surface area contributed by atoms with Gasteiger partial charge in [0.2, 0.25) is 6.79 Å². The minimum Gasteiger partial charge on any atom is -0.454 e. The van der Waals surface area contributed by atoms with Gasteiger partial charge >= 0.3 is 0 Å². The van der Waals surface area contributed by atoms with Gasteiger partial charge in [0.15, 0.2) is 28.5 Å². The van der Waals surface area contributed by atoms with Gasteiger partial charge in [0.05, 0.1) is 0 Å². The van der Waals surface area contributed by atoms with E-state index in [4.69, 9.17) is 20.2 Å². The fourth-order valence-electron chi connectivity index (χ4n) is 3.22. The van der Waals surface area contributed by atoms with Gasteiger partial charge in [0.1, 0.15) is 12.2 Å². The number of fused-ring (bicyclic) bond motifs is 2. The van der Waals surface area contributed by atoms with E-state index in [1.54, 1.807) is 0 Å². The Morgan fingerprint density at radius 2 is 2.04 bits per heavy atom. The van der Waals surface area contributed by atoms with Gasteiger partial charge in [0.25, 0.3) is 0 Å². The van der Waals surface area contributed by atoms with Crippen LogP contribution in [-0.4, -0.2) is 39.4 Å². The van der Waals surface area contributed by atoms with Crippen LogP contribution in [0.25, 0.3) is 11.2 Å². The SMILES string of the molecule is CC(C)CNCCn1c(Cc2cc3c(cc2[124I])OCO3)nc2c(N)ncnc21. The van der Waals surface area contributed by atoms with Gasteiger partial charge in [-0.15, -0.1) is 0 Å². The first-order valence-corrected chi connectivity index (χ1v) is 10.3. The van der Waals surface area contributed by atoms with Gasteiger partial charge in [-0.2, -0.15) is 0 Å². The molecule has 148 valence electrons. The number of nitrogens with zero attached hydrogens (tertiary/aromatic N) is 4. The maximum absolute atomic E-state index is 6.05. The summed E-state index contributed by atoms with van der Waals surface area (Å²) in [5, 5.41) is 3.48. The highest BCUT2D eigenvalue weighted by Gasteiger charge is 2.20. The summed E-state index contributed by atoms with van der Waals surface area (Å²) in [4.78, 5) is 13.3. The highest BCUT2D eigenvalue weighted by molar-refractivity contribution is 14.1. The van der Waals surface area contributed by atoms with Crippen LogP contribution < -0.4 is 20.5 Å². The van der Waals surface area contributed by atoms with Crippen molar-refractivity contribution in [3.63, 3.8) is 0 Å².